The molecule has 6 heteroatoms. The van der Waals surface area contributed by atoms with Gasteiger partial charge in [-0.2, -0.15) is 13.2 Å². The van der Waals surface area contributed by atoms with Crippen molar-refractivity contribution in [3.8, 4) is 16.3 Å². The number of fused-ring (bicyclic) bond motifs is 1. The number of hydrogen-bond donors (Lipinski definition) is 1. The average Bonchev–Trinajstić information content (AvgIpc) is 3.19. The van der Waals surface area contributed by atoms with Gasteiger partial charge in [0, 0.05) is 12.0 Å². The number of phenols is 1. The van der Waals surface area contributed by atoms with Crippen LogP contribution in [-0.2, 0) is 6.42 Å². The molecule has 0 radical (unpaired) electrons. The van der Waals surface area contributed by atoms with E-state index in [1.807, 2.05) is 66.7 Å². The first-order valence-electron chi connectivity index (χ1n) is 10.4. The van der Waals surface area contributed by atoms with Gasteiger partial charge in [-0.1, -0.05) is 60.7 Å². The van der Waals surface area contributed by atoms with Crippen molar-refractivity contribution in [2.24, 2.45) is 0 Å². The Hall–Kier alpha value is -3.12. The highest BCUT2D eigenvalue weighted by Gasteiger charge is 2.25. The standard InChI is InChI=1S/C26H22F3NOS/c27-26(28,29)16-2-1-3-18-4-6-19(7-5-18)8-9-20-10-12-21(13-11-20)25-30-23-15-14-22(31)17-24(23)32-25/h4-15,17,31H,1-3,16H2/b9-8+. The first kappa shape index (κ1) is 22.1. The number of benzene rings is 3. The summed E-state index contributed by atoms with van der Waals surface area (Å²) in [6, 6.07) is 21.2. The van der Waals surface area contributed by atoms with E-state index in [0.29, 0.717) is 12.8 Å². The fraction of sp³-hybridized carbons (Fsp3) is 0.192. The van der Waals surface area contributed by atoms with Crippen LogP contribution in [0.2, 0.25) is 0 Å². The van der Waals surface area contributed by atoms with Gasteiger partial charge < -0.3 is 5.11 Å². The molecule has 1 heterocycles. The van der Waals surface area contributed by atoms with Crippen LogP contribution in [-0.4, -0.2) is 16.3 Å². The number of aryl methyl sites for hydroxylation is 1. The number of aromatic hydroxyl groups is 1. The molecule has 2 nitrogen and oxygen atoms in total. The molecule has 164 valence electrons. The third-order valence-corrected chi connectivity index (χ3v) is 6.22. The van der Waals surface area contributed by atoms with E-state index in [1.54, 1.807) is 23.5 Å². The van der Waals surface area contributed by atoms with Crippen molar-refractivity contribution in [3.05, 3.63) is 83.4 Å². The van der Waals surface area contributed by atoms with Crippen molar-refractivity contribution in [1.82, 2.24) is 4.98 Å². The first-order valence-corrected chi connectivity index (χ1v) is 11.2. The highest BCUT2D eigenvalue weighted by Crippen LogP contribution is 2.32. The van der Waals surface area contributed by atoms with Gasteiger partial charge in [0.05, 0.1) is 10.2 Å². The topological polar surface area (TPSA) is 33.1 Å². The maximum absolute atomic E-state index is 12.2. The summed E-state index contributed by atoms with van der Waals surface area (Å²) in [5, 5.41) is 10.5. The average molecular weight is 454 g/mol. The molecule has 3 aromatic carbocycles. The zero-order valence-corrected chi connectivity index (χ0v) is 18.1. The second kappa shape index (κ2) is 9.57. The molecule has 0 atom stereocenters. The minimum atomic E-state index is -4.06. The maximum atomic E-state index is 12.2. The van der Waals surface area contributed by atoms with E-state index >= 15 is 0 Å². The van der Waals surface area contributed by atoms with Crippen molar-refractivity contribution in [2.75, 3.05) is 0 Å². The molecule has 0 bridgehead atoms. The lowest BCUT2D eigenvalue weighted by atomic mass is 10.0. The number of hydrogen-bond acceptors (Lipinski definition) is 3. The third-order valence-electron chi connectivity index (χ3n) is 5.15. The zero-order chi connectivity index (χ0) is 22.6. The number of thiazole rings is 1. The smallest absolute Gasteiger partial charge is 0.389 e. The molecule has 0 aliphatic rings. The molecule has 0 fully saturated rings. The Kier molecular flexibility index (Phi) is 6.61. The van der Waals surface area contributed by atoms with Crippen molar-refractivity contribution in [3.63, 3.8) is 0 Å². The second-order valence-corrected chi connectivity index (χ2v) is 8.72. The lowest BCUT2D eigenvalue weighted by Crippen LogP contribution is -2.06. The Morgan fingerprint density at radius 2 is 1.50 bits per heavy atom. The summed E-state index contributed by atoms with van der Waals surface area (Å²) in [7, 11) is 0. The van der Waals surface area contributed by atoms with E-state index < -0.39 is 12.6 Å². The third kappa shape index (κ3) is 5.98. The fourth-order valence-electron chi connectivity index (χ4n) is 3.42. The van der Waals surface area contributed by atoms with E-state index in [4.69, 9.17) is 0 Å². The number of alkyl halides is 3. The monoisotopic (exact) mass is 453 g/mol. The van der Waals surface area contributed by atoms with Gasteiger partial charge in [0.1, 0.15) is 10.8 Å². The lowest BCUT2D eigenvalue weighted by molar-refractivity contribution is -0.135. The van der Waals surface area contributed by atoms with Crippen LogP contribution >= 0.6 is 11.3 Å². The van der Waals surface area contributed by atoms with Crippen molar-refractivity contribution in [2.45, 2.75) is 31.9 Å². The quantitative estimate of drug-likeness (QED) is 0.226. The van der Waals surface area contributed by atoms with Crippen LogP contribution in [0.4, 0.5) is 13.2 Å². The highest BCUT2D eigenvalue weighted by atomic mass is 32.1. The summed E-state index contributed by atoms with van der Waals surface area (Å²) >= 11 is 1.55. The van der Waals surface area contributed by atoms with Gasteiger partial charge in [-0.3, -0.25) is 0 Å². The Morgan fingerprint density at radius 3 is 2.16 bits per heavy atom. The summed E-state index contributed by atoms with van der Waals surface area (Å²) in [6.45, 7) is 0. The molecule has 0 aliphatic heterocycles. The van der Waals surface area contributed by atoms with Crippen LogP contribution in [0.15, 0.2) is 66.7 Å². The lowest BCUT2D eigenvalue weighted by Gasteiger charge is -2.06. The number of unbranched alkanes of at least 4 members (excludes halogenated alkanes) is 1. The van der Waals surface area contributed by atoms with E-state index in [0.717, 1.165) is 37.5 Å². The fourth-order valence-corrected chi connectivity index (χ4v) is 4.42. The molecule has 32 heavy (non-hydrogen) atoms. The van der Waals surface area contributed by atoms with E-state index in [9.17, 15) is 18.3 Å². The molecular formula is C26H22F3NOS. The van der Waals surface area contributed by atoms with E-state index in [2.05, 4.69) is 4.98 Å². The SMILES string of the molecule is Oc1ccc2nc(-c3ccc(/C=C/c4ccc(CCCCC(F)(F)F)cc4)cc3)sc2c1. The molecule has 4 aromatic rings. The zero-order valence-electron chi connectivity index (χ0n) is 17.3. The van der Waals surface area contributed by atoms with E-state index in [-0.39, 0.29) is 12.2 Å². The highest BCUT2D eigenvalue weighted by molar-refractivity contribution is 7.21. The molecular weight excluding hydrogens is 431 g/mol. The van der Waals surface area contributed by atoms with Gasteiger partial charge in [0.25, 0.3) is 0 Å². The van der Waals surface area contributed by atoms with Gasteiger partial charge in [0.15, 0.2) is 0 Å². The number of nitrogens with zero attached hydrogens (tertiary/aromatic N) is 1. The van der Waals surface area contributed by atoms with Crippen LogP contribution < -0.4 is 0 Å². The normalized spacial score (nSPS) is 12.1. The molecule has 0 aliphatic carbocycles. The van der Waals surface area contributed by atoms with E-state index in [1.165, 1.54) is 0 Å². The van der Waals surface area contributed by atoms with Gasteiger partial charge in [-0.25, -0.2) is 4.98 Å². The van der Waals surface area contributed by atoms with Crippen LogP contribution in [0.5, 0.6) is 5.75 Å². The molecule has 0 spiro atoms. The molecule has 1 aromatic heterocycles. The molecule has 0 saturated heterocycles. The Bertz CT molecular complexity index is 1210. The second-order valence-electron chi connectivity index (χ2n) is 7.69. The van der Waals surface area contributed by atoms with Crippen molar-refractivity contribution >= 4 is 33.7 Å². The first-order chi connectivity index (χ1) is 15.4. The summed E-state index contributed by atoms with van der Waals surface area (Å²) in [4.78, 5) is 4.63. The number of halogens is 3. The Balaban J connectivity index is 1.35. The molecule has 0 saturated carbocycles. The minimum absolute atomic E-state index is 0.167. The number of aromatic nitrogens is 1. The summed E-state index contributed by atoms with van der Waals surface area (Å²) < 4.78 is 37.6. The number of phenolic OH excluding ortho intramolecular Hbond substituents is 1. The van der Waals surface area contributed by atoms with Crippen LogP contribution in [0.3, 0.4) is 0 Å². The Morgan fingerprint density at radius 1 is 0.844 bits per heavy atom. The Labute approximate surface area is 188 Å². The summed E-state index contributed by atoms with van der Waals surface area (Å²) in [6.07, 6.45) is 0.631. The predicted molar refractivity (Wildman–Crippen MR) is 126 cm³/mol. The van der Waals surface area contributed by atoms with Crippen LogP contribution in [0.25, 0.3) is 32.9 Å². The van der Waals surface area contributed by atoms with Crippen LogP contribution in [0.1, 0.15) is 36.0 Å². The summed E-state index contributed by atoms with van der Waals surface area (Å²) in [5.41, 5.74) is 5.05. The van der Waals surface area contributed by atoms with Gasteiger partial charge >= 0.3 is 6.18 Å². The summed E-state index contributed by atoms with van der Waals surface area (Å²) in [5.74, 6) is 0.239. The van der Waals surface area contributed by atoms with Gasteiger partial charge in [-0.15, -0.1) is 11.3 Å². The molecule has 4 rings (SSSR count). The van der Waals surface area contributed by atoms with Crippen LogP contribution in [0, 0.1) is 0 Å². The van der Waals surface area contributed by atoms with Gasteiger partial charge in [-0.05, 0) is 54.2 Å². The molecule has 1 N–H and O–H groups in total. The molecule has 0 amide bonds. The number of rotatable bonds is 7. The molecule has 0 unspecified atom stereocenters. The maximum Gasteiger partial charge on any atom is 0.389 e. The van der Waals surface area contributed by atoms with Crippen molar-refractivity contribution in [1.29, 1.82) is 0 Å². The predicted octanol–water partition coefficient (Wildman–Crippen LogP) is 8.11. The minimum Gasteiger partial charge on any atom is -0.508 e. The van der Waals surface area contributed by atoms with Gasteiger partial charge in [0.2, 0.25) is 0 Å². The largest absolute Gasteiger partial charge is 0.508 e. The van der Waals surface area contributed by atoms with Crippen molar-refractivity contribution < 1.29 is 18.3 Å².